The van der Waals surface area contributed by atoms with Crippen LogP contribution in [0.2, 0.25) is 0 Å². The average molecular weight is 376 g/mol. The molecule has 0 unspecified atom stereocenters. The van der Waals surface area contributed by atoms with Crippen LogP contribution in [0.4, 0.5) is 5.69 Å². The van der Waals surface area contributed by atoms with Gasteiger partial charge in [-0.3, -0.25) is 4.72 Å². The Morgan fingerprint density at radius 3 is 2.75 bits per heavy atom. The highest BCUT2D eigenvalue weighted by atomic mass is 79.9. The highest BCUT2D eigenvalue weighted by Crippen LogP contribution is 2.27. The van der Waals surface area contributed by atoms with Crippen molar-refractivity contribution < 1.29 is 13.2 Å². The summed E-state index contributed by atoms with van der Waals surface area (Å²) in [6, 6.07) is 8.52. The molecule has 0 radical (unpaired) electrons. The number of hydrogen-bond donors (Lipinski definition) is 1. The summed E-state index contributed by atoms with van der Waals surface area (Å²) >= 11 is 4.56. The number of alkyl halides is 1. The molecule has 1 N–H and O–H groups in total. The molecule has 0 aliphatic rings. The molecule has 0 spiro atoms. The largest absolute Gasteiger partial charge is 0.494 e. The summed E-state index contributed by atoms with van der Waals surface area (Å²) in [4.78, 5) is 0. The second-order valence-electron chi connectivity index (χ2n) is 3.93. The molecule has 7 heteroatoms. The van der Waals surface area contributed by atoms with Gasteiger partial charge in [0, 0.05) is 16.6 Å². The fourth-order valence-corrected chi connectivity index (χ4v) is 4.15. The van der Waals surface area contributed by atoms with E-state index in [0.29, 0.717) is 21.8 Å². The summed E-state index contributed by atoms with van der Waals surface area (Å²) in [7, 11) is -3.51. The third-order valence-electron chi connectivity index (χ3n) is 2.52. The van der Waals surface area contributed by atoms with E-state index in [4.69, 9.17) is 4.74 Å². The molecule has 0 saturated carbocycles. The van der Waals surface area contributed by atoms with Gasteiger partial charge in [-0.1, -0.05) is 22.0 Å². The molecule has 0 bridgehead atoms. The van der Waals surface area contributed by atoms with Crippen LogP contribution in [-0.4, -0.2) is 15.0 Å². The van der Waals surface area contributed by atoms with Gasteiger partial charge in [-0.15, -0.1) is 11.3 Å². The average Bonchev–Trinajstić information content (AvgIpc) is 2.95. The molecule has 0 amide bonds. The molecular formula is C13H14BrNO3S2. The Bertz CT molecular complexity index is 669. The maximum Gasteiger partial charge on any atom is 0.271 e. The molecular weight excluding hydrogens is 362 g/mol. The molecule has 0 fully saturated rings. The molecule has 0 saturated heterocycles. The lowest BCUT2D eigenvalue weighted by molar-refractivity contribution is 0.338. The third-order valence-corrected chi connectivity index (χ3v) is 5.90. The van der Waals surface area contributed by atoms with E-state index in [0.717, 1.165) is 11.3 Å². The van der Waals surface area contributed by atoms with E-state index in [-0.39, 0.29) is 0 Å². The highest BCUT2D eigenvalue weighted by molar-refractivity contribution is 9.08. The Morgan fingerprint density at radius 1 is 1.35 bits per heavy atom. The number of halogens is 1. The Labute approximate surface area is 131 Å². The molecule has 20 heavy (non-hydrogen) atoms. The molecule has 1 heterocycles. The van der Waals surface area contributed by atoms with Crippen LogP contribution in [0, 0.1) is 0 Å². The van der Waals surface area contributed by atoms with Crippen molar-refractivity contribution in [3.63, 3.8) is 0 Å². The van der Waals surface area contributed by atoms with E-state index in [1.165, 1.54) is 11.3 Å². The van der Waals surface area contributed by atoms with Crippen molar-refractivity contribution in [1.82, 2.24) is 0 Å². The lowest BCUT2D eigenvalue weighted by Crippen LogP contribution is -2.11. The first-order chi connectivity index (χ1) is 9.56. The van der Waals surface area contributed by atoms with Crippen molar-refractivity contribution in [1.29, 1.82) is 0 Å². The summed E-state index contributed by atoms with van der Waals surface area (Å²) in [6.45, 7) is 2.48. The molecule has 0 aliphatic heterocycles. The highest BCUT2D eigenvalue weighted by Gasteiger charge is 2.15. The van der Waals surface area contributed by atoms with Crippen LogP contribution >= 0.6 is 27.3 Å². The van der Waals surface area contributed by atoms with Crippen LogP contribution < -0.4 is 9.46 Å². The van der Waals surface area contributed by atoms with E-state index in [9.17, 15) is 8.42 Å². The Hall–Kier alpha value is -1.05. The van der Waals surface area contributed by atoms with Gasteiger partial charge < -0.3 is 4.74 Å². The summed E-state index contributed by atoms with van der Waals surface area (Å²) in [6.07, 6.45) is 0. The van der Waals surface area contributed by atoms with Gasteiger partial charge in [0.2, 0.25) is 0 Å². The number of anilines is 1. The Kier molecular flexibility index (Phi) is 5.06. The second kappa shape index (κ2) is 6.60. The van der Waals surface area contributed by atoms with Crippen molar-refractivity contribution >= 4 is 43.0 Å². The zero-order valence-electron chi connectivity index (χ0n) is 10.8. The number of benzene rings is 1. The molecule has 108 valence electrons. The van der Waals surface area contributed by atoms with E-state index >= 15 is 0 Å². The van der Waals surface area contributed by atoms with Crippen LogP contribution in [-0.2, 0) is 15.4 Å². The summed E-state index contributed by atoms with van der Waals surface area (Å²) in [5.41, 5.74) is 1.43. The first-order valence-electron chi connectivity index (χ1n) is 5.95. The van der Waals surface area contributed by atoms with Crippen LogP contribution in [0.1, 0.15) is 12.5 Å². The topological polar surface area (TPSA) is 55.4 Å². The second-order valence-corrected chi connectivity index (χ2v) is 7.34. The summed E-state index contributed by atoms with van der Waals surface area (Å²) in [5.74, 6) is 0.753. The fraction of sp³-hybridized carbons (Fsp3) is 0.231. The standard InChI is InChI=1S/C13H14BrNO3S2/c1-2-18-12-6-5-11(8-10(12)9-14)15-20(16,17)13-4-3-7-19-13/h3-8,15H,2,9H2,1H3. The zero-order valence-corrected chi connectivity index (χ0v) is 14.0. The van der Waals surface area contributed by atoms with Gasteiger partial charge in [0.1, 0.15) is 9.96 Å². The molecule has 0 aliphatic carbocycles. The van der Waals surface area contributed by atoms with Gasteiger partial charge in [-0.2, -0.15) is 0 Å². The Morgan fingerprint density at radius 2 is 2.15 bits per heavy atom. The molecule has 1 aromatic heterocycles. The van der Waals surface area contributed by atoms with E-state index < -0.39 is 10.0 Å². The van der Waals surface area contributed by atoms with Gasteiger partial charge >= 0.3 is 0 Å². The minimum atomic E-state index is -3.51. The van der Waals surface area contributed by atoms with Crippen LogP contribution in [0.15, 0.2) is 39.9 Å². The predicted molar refractivity (Wildman–Crippen MR) is 85.4 cm³/mol. The first kappa shape index (κ1) is 15.3. The fourth-order valence-electron chi connectivity index (χ4n) is 1.67. The van der Waals surface area contributed by atoms with Crippen LogP contribution in [0.25, 0.3) is 0 Å². The number of thiophene rings is 1. The molecule has 1 aromatic carbocycles. The normalized spacial score (nSPS) is 11.3. The van der Waals surface area contributed by atoms with Gasteiger partial charge in [0.15, 0.2) is 0 Å². The number of nitrogens with one attached hydrogen (secondary N) is 1. The minimum absolute atomic E-state index is 0.298. The minimum Gasteiger partial charge on any atom is -0.494 e. The summed E-state index contributed by atoms with van der Waals surface area (Å²) in [5, 5.41) is 2.33. The predicted octanol–water partition coefficient (Wildman–Crippen LogP) is 3.84. The number of ether oxygens (including phenoxy) is 1. The summed E-state index contributed by atoms with van der Waals surface area (Å²) < 4.78 is 32.6. The molecule has 4 nitrogen and oxygen atoms in total. The SMILES string of the molecule is CCOc1ccc(NS(=O)(=O)c2cccs2)cc1CBr. The van der Waals surface area contributed by atoms with Crippen LogP contribution in [0.3, 0.4) is 0 Å². The number of rotatable bonds is 6. The van der Waals surface area contributed by atoms with Gasteiger partial charge in [-0.05, 0) is 36.6 Å². The molecule has 0 atom stereocenters. The van der Waals surface area contributed by atoms with Gasteiger partial charge in [0.05, 0.1) is 6.61 Å². The number of hydrogen-bond acceptors (Lipinski definition) is 4. The lowest BCUT2D eigenvalue weighted by atomic mass is 10.2. The van der Waals surface area contributed by atoms with Crippen molar-refractivity contribution in [2.45, 2.75) is 16.5 Å². The van der Waals surface area contributed by atoms with Crippen molar-refractivity contribution in [2.75, 3.05) is 11.3 Å². The Balaban J connectivity index is 2.26. The zero-order chi connectivity index (χ0) is 14.6. The van der Waals surface area contributed by atoms with Gasteiger partial charge in [0.25, 0.3) is 10.0 Å². The van der Waals surface area contributed by atoms with E-state index in [1.54, 1.807) is 35.7 Å². The third kappa shape index (κ3) is 3.53. The molecule has 2 rings (SSSR count). The van der Waals surface area contributed by atoms with Crippen molar-refractivity contribution in [3.8, 4) is 5.75 Å². The van der Waals surface area contributed by atoms with E-state index in [1.807, 2.05) is 6.92 Å². The molecule has 2 aromatic rings. The monoisotopic (exact) mass is 375 g/mol. The maximum absolute atomic E-state index is 12.1. The quantitative estimate of drug-likeness (QED) is 0.780. The number of sulfonamides is 1. The van der Waals surface area contributed by atoms with E-state index in [2.05, 4.69) is 20.7 Å². The van der Waals surface area contributed by atoms with Gasteiger partial charge in [-0.25, -0.2) is 8.42 Å². The lowest BCUT2D eigenvalue weighted by Gasteiger charge is -2.11. The first-order valence-corrected chi connectivity index (χ1v) is 9.43. The smallest absolute Gasteiger partial charge is 0.271 e. The van der Waals surface area contributed by atoms with Crippen molar-refractivity contribution in [2.24, 2.45) is 0 Å². The van der Waals surface area contributed by atoms with Crippen LogP contribution in [0.5, 0.6) is 5.75 Å². The maximum atomic E-state index is 12.1. The van der Waals surface area contributed by atoms with Crippen molar-refractivity contribution in [3.05, 3.63) is 41.3 Å².